The highest BCUT2D eigenvalue weighted by atomic mass is 16.2. The monoisotopic (exact) mass is 287 g/mol. The predicted octanol–water partition coefficient (Wildman–Crippen LogP) is 0.767. The largest absolute Gasteiger partial charge is 0.338 e. The van der Waals surface area contributed by atoms with Crippen molar-refractivity contribution >= 4 is 11.8 Å². The van der Waals surface area contributed by atoms with Crippen LogP contribution in [0.4, 0.5) is 0 Å². The van der Waals surface area contributed by atoms with E-state index in [0.717, 1.165) is 0 Å². The van der Waals surface area contributed by atoms with Crippen LogP contribution in [0.2, 0.25) is 0 Å². The first-order valence-electron chi connectivity index (χ1n) is 7.02. The molecule has 5 nitrogen and oxygen atoms in total. The number of carbonyl (C=O) groups excluding carboxylic acids is 2. The highest BCUT2D eigenvalue weighted by Crippen LogP contribution is 2.12. The zero-order valence-corrected chi connectivity index (χ0v) is 12.5. The number of nitrogens with two attached hydrogens (primary N) is 1. The average Bonchev–Trinajstić information content (AvgIpc) is 2.46. The molecule has 1 fully saturated rings. The summed E-state index contributed by atoms with van der Waals surface area (Å²) < 4.78 is 0. The van der Waals surface area contributed by atoms with Crippen LogP contribution in [0.25, 0.3) is 0 Å². The molecule has 2 N–H and O–H groups in total. The van der Waals surface area contributed by atoms with Crippen molar-refractivity contribution in [1.82, 2.24) is 9.80 Å². The van der Waals surface area contributed by atoms with Gasteiger partial charge in [-0.25, -0.2) is 0 Å². The summed E-state index contributed by atoms with van der Waals surface area (Å²) in [5, 5.41) is 0. The van der Waals surface area contributed by atoms with Gasteiger partial charge in [-0.3, -0.25) is 9.59 Å². The molecule has 1 aromatic rings. The average molecular weight is 287 g/mol. The SMILES string of the molecule is [CH]c1ccc(C(=O)N2CCN(C(=O)C(C)(C)N)CC2)cc1. The van der Waals surface area contributed by atoms with E-state index in [4.69, 9.17) is 12.7 Å². The van der Waals surface area contributed by atoms with Crippen molar-refractivity contribution in [2.45, 2.75) is 19.4 Å². The van der Waals surface area contributed by atoms with Crippen molar-refractivity contribution in [2.24, 2.45) is 5.73 Å². The van der Waals surface area contributed by atoms with Gasteiger partial charge in [-0.1, -0.05) is 12.1 Å². The molecule has 0 aromatic heterocycles. The number of piperazine rings is 1. The van der Waals surface area contributed by atoms with Crippen LogP contribution in [0.15, 0.2) is 24.3 Å². The number of benzene rings is 1. The molecule has 0 atom stereocenters. The van der Waals surface area contributed by atoms with Crippen LogP contribution < -0.4 is 5.73 Å². The summed E-state index contributed by atoms with van der Waals surface area (Å²) in [6.45, 7) is 11.1. The van der Waals surface area contributed by atoms with Crippen molar-refractivity contribution in [1.29, 1.82) is 0 Å². The molecule has 1 saturated heterocycles. The maximum Gasteiger partial charge on any atom is 0.253 e. The highest BCUT2D eigenvalue weighted by molar-refractivity contribution is 5.94. The van der Waals surface area contributed by atoms with E-state index >= 15 is 0 Å². The molecule has 0 spiro atoms. The summed E-state index contributed by atoms with van der Waals surface area (Å²) in [5.41, 5.74) is 6.20. The Morgan fingerprint density at radius 1 is 1.05 bits per heavy atom. The molecule has 0 aliphatic carbocycles. The molecule has 21 heavy (non-hydrogen) atoms. The lowest BCUT2D eigenvalue weighted by Gasteiger charge is -2.37. The first-order valence-corrected chi connectivity index (χ1v) is 7.02. The molecular formula is C16H21N3O2. The van der Waals surface area contributed by atoms with Gasteiger partial charge < -0.3 is 15.5 Å². The number of carbonyl (C=O) groups is 2. The van der Waals surface area contributed by atoms with Crippen LogP contribution in [-0.4, -0.2) is 53.3 Å². The summed E-state index contributed by atoms with van der Waals surface area (Å²) in [6.07, 6.45) is 0. The Kier molecular flexibility index (Phi) is 4.32. The summed E-state index contributed by atoms with van der Waals surface area (Å²) in [4.78, 5) is 27.9. The summed E-state index contributed by atoms with van der Waals surface area (Å²) in [5.74, 6) is -0.115. The molecule has 5 heteroatoms. The zero-order chi connectivity index (χ0) is 15.6. The molecule has 2 rings (SSSR count). The van der Waals surface area contributed by atoms with Gasteiger partial charge in [0.05, 0.1) is 5.54 Å². The van der Waals surface area contributed by atoms with Crippen LogP contribution in [0.5, 0.6) is 0 Å². The Morgan fingerprint density at radius 3 is 2.00 bits per heavy atom. The predicted molar refractivity (Wildman–Crippen MR) is 80.6 cm³/mol. The lowest BCUT2D eigenvalue weighted by atomic mass is 10.0. The van der Waals surface area contributed by atoms with E-state index in [1.807, 2.05) is 0 Å². The van der Waals surface area contributed by atoms with Gasteiger partial charge in [-0.05, 0) is 38.5 Å². The van der Waals surface area contributed by atoms with Crippen molar-refractivity contribution in [3.8, 4) is 0 Å². The molecule has 1 heterocycles. The molecule has 1 aliphatic heterocycles. The van der Waals surface area contributed by atoms with Crippen molar-refractivity contribution in [2.75, 3.05) is 26.2 Å². The Bertz CT molecular complexity index is 523. The zero-order valence-electron chi connectivity index (χ0n) is 12.5. The molecular weight excluding hydrogens is 266 g/mol. The number of hydrogen-bond donors (Lipinski definition) is 1. The topological polar surface area (TPSA) is 66.6 Å². The first kappa shape index (κ1) is 15.5. The lowest BCUT2D eigenvalue weighted by Crippen LogP contribution is -2.57. The molecule has 2 amide bonds. The van der Waals surface area contributed by atoms with E-state index in [0.29, 0.717) is 37.3 Å². The third-order valence-corrected chi connectivity index (χ3v) is 3.56. The number of amides is 2. The minimum absolute atomic E-state index is 0.0332. The molecule has 0 saturated carbocycles. The highest BCUT2D eigenvalue weighted by Gasteiger charge is 2.31. The Balaban J connectivity index is 1.96. The normalized spacial score (nSPS) is 16.0. The third kappa shape index (κ3) is 3.61. The third-order valence-electron chi connectivity index (χ3n) is 3.56. The van der Waals surface area contributed by atoms with Crippen LogP contribution in [0.1, 0.15) is 29.8 Å². The fourth-order valence-electron chi connectivity index (χ4n) is 2.33. The molecule has 2 radical (unpaired) electrons. The molecule has 1 aromatic carbocycles. The van der Waals surface area contributed by atoms with Gasteiger partial charge in [0.15, 0.2) is 0 Å². The molecule has 1 aliphatic rings. The fourth-order valence-corrected chi connectivity index (χ4v) is 2.33. The second-order valence-electron chi connectivity index (χ2n) is 5.93. The second kappa shape index (κ2) is 5.85. The second-order valence-corrected chi connectivity index (χ2v) is 5.93. The van der Waals surface area contributed by atoms with Crippen LogP contribution in [0, 0.1) is 6.92 Å². The maximum absolute atomic E-state index is 12.3. The molecule has 0 bridgehead atoms. The van der Waals surface area contributed by atoms with Crippen LogP contribution >= 0.6 is 0 Å². The Labute approximate surface area is 125 Å². The quantitative estimate of drug-likeness (QED) is 0.873. The maximum atomic E-state index is 12.3. The summed E-state index contributed by atoms with van der Waals surface area (Å²) >= 11 is 0. The Morgan fingerprint density at radius 2 is 1.52 bits per heavy atom. The minimum Gasteiger partial charge on any atom is -0.338 e. The fraction of sp³-hybridized carbons (Fsp3) is 0.438. The van der Waals surface area contributed by atoms with Gasteiger partial charge in [-0.2, -0.15) is 0 Å². The van der Waals surface area contributed by atoms with Crippen molar-refractivity contribution < 1.29 is 9.59 Å². The minimum atomic E-state index is -0.872. The van der Waals surface area contributed by atoms with E-state index in [1.54, 1.807) is 47.9 Å². The van der Waals surface area contributed by atoms with Crippen molar-refractivity contribution in [3.05, 3.63) is 42.3 Å². The van der Waals surface area contributed by atoms with Crippen LogP contribution in [0.3, 0.4) is 0 Å². The first-order chi connectivity index (χ1) is 9.79. The van der Waals surface area contributed by atoms with E-state index in [2.05, 4.69) is 0 Å². The lowest BCUT2D eigenvalue weighted by molar-refractivity contribution is -0.137. The van der Waals surface area contributed by atoms with Gasteiger partial charge in [-0.15, -0.1) is 0 Å². The van der Waals surface area contributed by atoms with E-state index in [9.17, 15) is 9.59 Å². The summed E-state index contributed by atoms with van der Waals surface area (Å²) in [6, 6.07) is 6.87. The standard InChI is InChI=1S/C16H21N3O2/c1-12-4-6-13(7-5-12)14(20)18-8-10-19(11-9-18)15(21)16(2,3)17/h1,4-7H,8-11,17H2,2-3H3. The van der Waals surface area contributed by atoms with Gasteiger partial charge in [0, 0.05) is 31.7 Å². The number of rotatable bonds is 2. The van der Waals surface area contributed by atoms with Gasteiger partial charge in [0.25, 0.3) is 5.91 Å². The van der Waals surface area contributed by atoms with Gasteiger partial charge in [0.1, 0.15) is 0 Å². The van der Waals surface area contributed by atoms with E-state index in [-0.39, 0.29) is 11.8 Å². The van der Waals surface area contributed by atoms with Gasteiger partial charge >= 0.3 is 0 Å². The van der Waals surface area contributed by atoms with E-state index in [1.165, 1.54) is 0 Å². The van der Waals surface area contributed by atoms with E-state index < -0.39 is 5.54 Å². The molecule has 112 valence electrons. The number of hydrogen-bond acceptors (Lipinski definition) is 3. The summed E-state index contributed by atoms with van der Waals surface area (Å²) in [7, 11) is 0. The van der Waals surface area contributed by atoms with Crippen molar-refractivity contribution in [3.63, 3.8) is 0 Å². The molecule has 0 unspecified atom stereocenters. The van der Waals surface area contributed by atoms with Gasteiger partial charge in [0.2, 0.25) is 5.91 Å². The van der Waals surface area contributed by atoms with Crippen LogP contribution in [-0.2, 0) is 4.79 Å². The smallest absolute Gasteiger partial charge is 0.253 e. The number of nitrogens with zero attached hydrogens (tertiary/aromatic N) is 2. The Hall–Kier alpha value is -1.88.